The van der Waals surface area contributed by atoms with E-state index < -0.39 is 5.97 Å². The first-order valence-electron chi connectivity index (χ1n) is 9.88. The molecule has 0 saturated carbocycles. The van der Waals surface area contributed by atoms with E-state index in [0.717, 1.165) is 28.8 Å². The maximum Gasteiger partial charge on any atom is 0.340 e. The van der Waals surface area contributed by atoms with E-state index in [1.807, 2.05) is 24.3 Å². The highest BCUT2D eigenvalue weighted by Gasteiger charge is 2.17. The molecule has 1 aromatic carbocycles. The van der Waals surface area contributed by atoms with Gasteiger partial charge in [0.15, 0.2) is 11.5 Å². The SMILES string of the molecule is CCOC(=O)c1cc(C#N)c(SCC(=O)NCCc2ccc3c(c2)OCCO3)nc1C. The van der Waals surface area contributed by atoms with Crippen LogP contribution in [0.2, 0.25) is 0 Å². The van der Waals surface area contributed by atoms with E-state index in [2.05, 4.69) is 10.3 Å². The molecule has 0 saturated heterocycles. The molecular weight excluding hydrogens is 418 g/mol. The summed E-state index contributed by atoms with van der Waals surface area (Å²) in [6.45, 7) is 5.17. The molecule has 0 radical (unpaired) electrons. The summed E-state index contributed by atoms with van der Waals surface area (Å²) in [7, 11) is 0. The highest BCUT2D eigenvalue weighted by molar-refractivity contribution is 8.00. The normalized spacial score (nSPS) is 12.0. The van der Waals surface area contributed by atoms with E-state index in [1.165, 1.54) is 6.07 Å². The second kappa shape index (κ2) is 10.7. The molecule has 2 aromatic rings. The Kier molecular flexibility index (Phi) is 7.73. The number of amides is 1. The van der Waals surface area contributed by atoms with Crippen LogP contribution in [-0.2, 0) is 16.0 Å². The lowest BCUT2D eigenvalue weighted by atomic mass is 10.1. The number of carbonyl (C=O) groups excluding carboxylic acids is 2. The molecule has 0 unspecified atom stereocenters. The third-order valence-electron chi connectivity index (χ3n) is 4.48. The number of thioether (sulfide) groups is 1. The largest absolute Gasteiger partial charge is 0.486 e. The van der Waals surface area contributed by atoms with Crippen molar-refractivity contribution in [1.29, 1.82) is 5.26 Å². The van der Waals surface area contributed by atoms with Crippen LogP contribution in [0.15, 0.2) is 29.3 Å². The molecule has 1 aliphatic rings. The molecule has 31 heavy (non-hydrogen) atoms. The van der Waals surface area contributed by atoms with E-state index in [-0.39, 0.29) is 29.4 Å². The lowest BCUT2D eigenvalue weighted by Gasteiger charge is -2.18. The van der Waals surface area contributed by atoms with Gasteiger partial charge in [-0.2, -0.15) is 5.26 Å². The van der Waals surface area contributed by atoms with Crippen LogP contribution < -0.4 is 14.8 Å². The highest BCUT2D eigenvalue weighted by atomic mass is 32.2. The molecule has 1 N–H and O–H groups in total. The fourth-order valence-corrected chi connectivity index (χ4v) is 3.79. The number of benzene rings is 1. The summed E-state index contributed by atoms with van der Waals surface area (Å²) < 4.78 is 16.1. The third-order valence-corrected chi connectivity index (χ3v) is 5.47. The predicted molar refractivity (Wildman–Crippen MR) is 115 cm³/mol. The zero-order valence-electron chi connectivity index (χ0n) is 17.4. The van der Waals surface area contributed by atoms with Crippen molar-refractivity contribution in [3.63, 3.8) is 0 Å². The van der Waals surface area contributed by atoms with Gasteiger partial charge in [-0.1, -0.05) is 17.8 Å². The number of fused-ring (bicyclic) bond motifs is 1. The van der Waals surface area contributed by atoms with Gasteiger partial charge in [-0.05, 0) is 44.0 Å². The second-order valence-corrected chi connectivity index (χ2v) is 7.64. The Morgan fingerprint density at radius 2 is 2.03 bits per heavy atom. The summed E-state index contributed by atoms with van der Waals surface area (Å²) in [6.07, 6.45) is 0.655. The van der Waals surface area contributed by atoms with E-state index in [0.29, 0.717) is 36.9 Å². The van der Waals surface area contributed by atoms with Crippen molar-refractivity contribution in [3.05, 3.63) is 46.6 Å². The number of hydrogen-bond donors (Lipinski definition) is 1. The minimum absolute atomic E-state index is 0.112. The number of hydrogen-bond acceptors (Lipinski definition) is 8. The number of ether oxygens (including phenoxy) is 3. The van der Waals surface area contributed by atoms with E-state index in [1.54, 1.807) is 13.8 Å². The molecule has 162 valence electrons. The van der Waals surface area contributed by atoms with Crippen LogP contribution in [0.4, 0.5) is 0 Å². The summed E-state index contributed by atoms with van der Waals surface area (Å²) in [5, 5.41) is 12.7. The number of rotatable bonds is 8. The molecule has 0 aliphatic carbocycles. The number of aromatic nitrogens is 1. The Bertz CT molecular complexity index is 1020. The van der Waals surface area contributed by atoms with Crippen LogP contribution in [0, 0.1) is 18.3 Å². The molecule has 0 atom stereocenters. The van der Waals surface area contributed by atoms with Gasteiger partial charge in [0, 0.05) is 6.54 Å². The van der Waals surface area contributed by atoms with Crippen molar-refractivity contribution < 1.29 is 23.8 Å². The Labute approximate surface area is 184 Å². The standard InChI is InChI=1S/C22H23N3O5S/c1-3-28-22(27)17-11-16(12-23)21(25-14(17)2)31-13-20(26)24-7-6-15-4-5-18-19(10-15)30-9-8-29-18/h4-5,10-11H,3,6-9,13H2,1-2H3,(H,24,26). The lowest BCUT2D eigenvalue weighted by molar-refractivity contribution is -0.118. The maximum absolute atomic E-state index is 12.2. The van der Waals surface area contributed by atoms with Crippen molar-refractivity contribution in [2.24, 2.45) is 0 Å². The molecule has 1 amide bonds. The van der Waals surface area contributed by atoms with Gasteiger partial charge in [-0.25, -0.2) is 9.78 Å². The van der Waals surface area contributed by atoms with Gasteiger partial charge in [0.25, 0.3) is 0 Å². The zero-order chi connectivity index (χ0) is 22.2. The van der Waals surface area contributed by atoms with Crippen LogP contribution in [0.5, 0.6) is 11.5 Å². The Hall–Kier alpha value is -3.25. The van der Waals surface area contributed by atoms with Crippen LogP contribution in [-0.4, -0.2) is 49.0 Å². The molecule has 0 fully saturated rings. The Morgan fingerprint density at radius 3 is 2.77 bits per heavy atom. The van der Waals surface area contributed by atoms with Crippen molar-refractivity contribution in [3.8, 4) is 17.6 Å². The Morgan fingerprint density at radius 1 is 1.26 bits per heavy atom. The molecule has 0 spiro atoms. The van der Waals surface area contributed by atoms with Crippen molar-refractivity contribution in [1.82, 2.24) is 10.3 Å². The smallest absolute Gasteiger partial charge is 0.340 e. The number of nitrogens with one attached hydrogen (secondary N) is 1. The van der Waals surface area contributed by atoms with Gasteiger partial charge in [-0.3, -0.25) is 4.79 Å². The molecule has 1 aliphatic heterocycles. The summed E-state index contributed by atoms with van der Waals surface area (Å²) in [6, 6.07) is 9.24. The van der Waals surface area contributed by atoms with Crippen LogP contribution in [0.3, 0.4) is 0 Å². The molecule has 3 rings (SSSR count). The Balaban J connectivity index is 1.52. The first-order valence-corrected chi connectivity index (χ1v) is 10.9. The minimum atomic E-state index is -0.516. The number of pyridine rings is 1. The summed E-state index contributed by atoms with van der Waals surface area (Å²) in [4.78, 5) is 28.5. The number of esters is 1. The van der Waals surface area contributed by atoms with Gasteiger partial charge >= 0.3 is 5.97 Å². The average Bonchev–Trinajstić information content (AvgIpc) is 2.77. The van der Waals surface area contributed by atoms with Crippen LogP contribution >= 0.6 is 11.8 Å². The number of nitriles is 1. The summed E-state index contributed by atoms with van der Waals surface area (Å²) >= 11 is 1.16. The van der Waals surface area contributed by atoms with Crippen LogP contribution in [0.1, 0.15) is 34.1 Å². The fourth-order valence-electron chi connectivity index (χ4n) is 2.96. The molecular formula is C22H23N3O5S. The highest BCUT2D eigenvalue weighted by Crippen LogP contribution is 2.30. The topological polar surface area (TPSA) is 111 Å². The first-order chi connectivity index (χ1) is 15.0. The fraction of sp³-hybridized carbons (Fsp3) is 0.364. The van der Waals surface area contributed by atoms with E-state index in [9.17, 15) is 14.9 Å². The third kappa shape index (κ3) is 5.89. The van der Waals surface area contributed by atoms with Gasteiger partial charge in [0.1, 0.15) is 24.3 Å². The van der Waals surface area contributed by atoms with Crippen LogP contribution in [0.25, 0.3) is 0 Å². The number of nitrogens with zero attached hydrogens (tertiary/aromatic N) is 2. The molecule has 0 bridgehead atoms. The number of carbonyl (C=O) groups is 2. The van der Waals surface area contributed by atoms with E-state index in [4.69, 9.17) is 14.2 Å². The van der Waals surface area contributed by atoms with Gasteiger partial charge in [0.05, 0.1) is 29.2 Å². The van der Waals surface area contributed by atoms with Gasteiger partial charge in [-0.15, -0.1) is 0 Å². The van der Waals surface area contributed by atoms with E-state index >= 15 is 0 Å². The van der Waals surface area contributed by atoms with Crippen molar-refractivity contribution >= 4 is 23.6 Å². The van der Waals surface area contributed by atoms with Crippen molar-refractivity contribution in [2.45, 2.75) is 25.3 Å². The summed E-state index contributed by atoms with van der Waals surface area (Å²) in [5.74, 6) is 0.891. The second-order valence-electron chi connectivity index (χ2n) is 6.67. The predicted octanol–water partition coefficient (Wildman–Crippen LogP) is 2.66. The minimum Gasteiger partial charge on any atom is -0.486 e. The lowest BCUT2D eigenvalue weighted by Crippen LogP contribution is -2.27. The quantitative estimate of drug-likeness (QED) is 0.492. The number of aryl methyl sites for hydroxylation is 1. The molecule has 2 heterocycles. The first kappa shape index (κ1) is 22.4. The maximum atomic E-state index is 12.2. The van der Waals surface area contributed by atoms with Gasteiger partial charge in [0.2, 0.25) is 5.91 Å². The van der Waals surface area contributed by atoms with Gasteiger partial charge < -0.3 is 19.5 Å². The average molecular weight is 442 g/mol. The summed E-state index contributed by atoms with van der Waals surface area (Å²) in [5.41, 5.74) is 1.99. The molecule has 1 aromatic heterocycles. The molecule has 8 nitrogen and oxygen atoms in total. The van der Waals surface area contributed by atoms with Crippen molar-refractivity contribution in [2.75, 3.05) is 32.1 Å². The zero-order valence-corrected chi connectivity index (χ0v) is 18.2. The molecule has 9 heteroatoms. The monoisotopic (exact) mass is 441 g/mol.